The summed E-state index contributed by atoms with van der Waals surface area (Å²) in [7, 11) is 0. The average Bonchev–Trinajstić information content (AvgIpc) is 2.01. The van der Waals surface area contributed by atoms with Crippen LogP contribution in [0, 0.1) is 16.3 Å². The maximum Gasteiger partial charge on any atom is 0.150 e. The number of hydrogen-bond acceptors (Lipinski definition) is 1. The smallest absolute Gasteiger partial charge is 0.150 e. The molecule has 0 aliphatic carbocycles. The third-order valence-corrected chi connectivity index (χ3v) is 3.45. The van der Waals surface area contributed by atoms with E-state index < -0.39 is 0 Å². The van der Waals surface area contributed by atoms with Crippen LogP contribution in [0.5, 0.6) is 0 Å². The largest absolute Gasteiger partial charge is 0.396 e. The minimum Gasteiger partial charge on any atom is -0.396 e. The molecule has 0 aliphatic heterocycles. The molecule has 0 saturated heterocycles. The Morgan fingerprint density at radius 1 is 1.46 bits per heavy atom. The van der Waals surface area contributed by atoms with E-state index in [9.17, 15) is 4.39 Å². The van der Waals surface area contributed by atoms with E-state index in [0.29, 0.717) is 0 Å². The first kappa shape index (κ1) is 10.8. The second-order valence-corrected chi connectivity index (χ2v) is 4.56. The van der Waals surface area contributed by atoms with Gasteiger partial charge in [-0.15, -0.1) is 0 Å². The minimum absolute atomic E-state index is 0.175. The summed E-state index contributed by atoms with van der Waals surface area (Å²) < 4.78 is 14.5. The Balaban J connectivity index is 3.46. The van der Waals surface area contributed by atoms with Gasteiger partial charge < -0.3 is 5.73 Å². The monoisotopic (exact) mass is 293 g/mol. The lowest BCUT2D eigenvalue weighted by molar-refractivity contribution is 0.600. The summed E-state index contributed by atoms with van der Waals surface area (Å²) in [6.07, 6.45) is 0. The molecule has 0 bridgehead atoms. The van der Waals surface area contributed by atoms with Crippen LogP contribution in [-0.4, -0.2) is 0 Å². The van der Waals surface area contributed by atoms with Gasteiger partial charge in [-0.2, -0.15) is 0 Å². The van der Waals surface area contributed by atoms with Crippen molar-refractivity contribution in [3.05, 3.63) is 26.6 Å². The van der Waals surface area contributed by atoms with Crippen LogP contribution in [0.1, 0.15) is 30.9 Å². The number of rotatable bonds is 1. The van der Waals surface area contributed by atoms with Crippen LogP contribution < -0.4 is 5.73 Å². The summed E-state index contributed by atoms with van der Waals surface area (Å²) in [5.74, 6) is -0.0842. The Morgan fingerprint density at radius 2 is 2.00 bits per heavy atom. The van der Waals surface area contributed by atoms with Crippen molar-refractivity contribution in [2.75, 3.05) is 5.73 Å². The third-order valence-electron chi connectivity index (χ3n) is 2.02. The summed E-state index contributed by atoms with van der Waals surface area (Å²) in [6.45, 7) is 5.89. The molecule has 0 spiro atoms. The predicted molar refractivity (Wildman–Crippen MR) is 62.4 cm³/mol. The second kappa shape index (κ2) is 3.82. The van der Waals surface area contributed by atoms with E-state index in [2.05, 4.69) is 22.6 Å². The molecule has 1 aromatic carbocycles. The Morgan fingerprint density at radius 3 is 2.46 bits per heavy atom. The highest BCUT2D eigenvalue weighted by atomic mass is 127. The number of nitrogen functional groups attached to an aromatic ring is 1. The van der Waals surface area contributed by atoms with Crippen LogP contribution in [0.25, 0.3) is 0 Å². The van der Waals surface area contributed by atoms with E-state index in [4.69, 9.17) is 5.73 Å². The van der Waals surface area contributed by atoms with Gasteiger partial charge in [0.25, 0.3) is 0 Å². The Bertz CT molecular complexity index is 308. The molecule has 2 N–H and O–H groups in total. The standard InChI is InChI=1S/C10H13FIN/c1-5(2)8-9(11)7(13)4-6(3)10(8)12/h4-5H,13H2,1-3H3. The molecule has 1 nitrogen and oxygen atoms in total. The van der Waals surface area contributed by atoms with Gasteiger partial charge >= 0.3 is 0 Å². The fourth-order valence-corrected chi connectivity index (χ4v) is 2.35. The zero-order valence-electron chi connectivity index (χ0n) is 7.99. The van der Waals surface area contributed by atoms with Crippen LogP contribution in [0.4, 0.5) is 10.1 Å². The molecule has 3 heteroatoms. The zero-order chi connectivity index (χ0) is 10.2. The SMILES string of the molecule is Cc1cc(N)c(F)c(C(C)C)c1I. The Hall–Kier alpha value is -0.320. The van der Waals surface area contributed by atoms with Crippen LogP contribution in [0.2, 0.25) is 0 Å². The van der Waals surface area contributed by atoms with Gasteiger partial charge in [0.15, 0.2) is 5.82 Å². The molecule has 0 aliphatic rings. The molecule has 1 rings (SSSR count). The van der Waals surface area contributed by atoms with Crippen molar-refractivity contribution in [1.82, 2.24) is 0 Å². The van der Waals surface area contributed by atoms with Gasteiger partial charge in [0.05, 0.1) is 5.69 Å². The molecule has 0 saturated carbocycles. The number of halogens is 2. The summed E-state index contributed by atoms with van der Waals surface area (Å²) >= 11 is 2.17. The molecule has 72 valence electrons. The molecular formula is C10H13FIN. The van der Waals surface area contributed by atoms with Crippen molar-refractivity contribution in [3.63, 3.8) is 0 Å². The van der Waals surface area contributed by atoms with Crippen LogP contribution >= 0.6 is 22.6 Å². The summed E-state index contributed by atoms with van der Waals surface area (Å²) in [5, 5.41) is 0. The van der Waals surface area contributed by atoms with Crippen molar-refractivity contribution in [3.8, 4) is 0 Å². The van der Waals surface area contributed by atoms with Gasteiger partial charge in [0.1, 0.15) is 0 Å². The average molecular weight is 293 g/mol. The quantitative estimate of drug-likeness (QED) is 0.623. The van der Waals surface area contributed by atoms with Crippen molar-refractivity contribution in [2.45, 2.75) is 26.7 Å². The van der Waals surface area contributed by atoms with Crippen LogP contribution in [0.15, 0.2) is 6.07 Å². The van der Waals surface area contributed by atoms with E-state index in [1.165, 1.54) is 0 Å². The molecule has 1 aromatic rings. The van der Waals surface area contributed by atoms with E-state index >= 15 is 0 Å². The van der Waals surface area contributed by atoms with Crippen molar-refractivity contribution in [1.29, 1.82) is 0 Å². The van der Waals surface area contributed by atoms with Crippen LogP contribution in [-0.2, 0) is 0 Å². The Kier molecular flexibility index (Phi) is 3.16. The molecule has 0 amide bonds. The van der Waals surface area contributed by atoms with Gasteiger partial charge in [-0.05, 0) is 47.1 Å². The fourth-order valence-electron chi connectivity index (χ4n) is 1.33. The Labute approximate surface area is 91.7 Å². The lowest BCUT2D eigenvalue weighted by Crippen LogP contribution is -2.03. The van der Waals surface area contributed by atoms with Gasteiger partial charge in [0.2, 0.25) is 0 Å². The number of nitrogens with two attached hydrogens (primary N) is 1. The van der Waals surface area contributed by atoms with Gasteiger partial charge in [-0.1, -0.05) is 13.8 Å². The van der Waals surface area contributed by atoms with E-state index in [1.54, 1.807) is 6.07 Å². The van der Waals surface area contributed by atoms with E-state index in [-0.39, 0.29) is 17.4 Å². The maximum absolute atomic E-state index is 13.6. The first-order chi connectivity index (χ1) is 5.95. The van der Waals surface area contributed by atoms with Gasteiger partial charge in [-0.25, -0.2) is 4.39 Å². The summed E-state index contributed by atoms with van der Waals surface area (Å²) in [4.78, 5) is 0. The lowest BCUT2D eigenvalue weighted by atomic mass is 9.99. The number of aryl methyl sites for hydroxylation is 1. The van der Waals surface area contributed by atoms with Crippen molar-refractivity contribution in [2.24, 2.45) is 0 Å². The van der Waals surface area contributed by atoms with Gasteiger partial charge in [0, 0.05) is 9.13 Å². The minimum atomic E-state index is -0.259. The maximum atomic E-state index is 13.6. The highest BCUT2D eigenvalue weighted by Gasteiger charge is 2.15. The lowest BCUT2D eigenvalue weighted by Gasteiger charge is -2.13. The molecule has 0 fully saturated rings. The highest BCUT2D eigenvalue weighted by molar-refractivity contribution is 14.1. The zero-order valence-corrected chi connectivity index (χ0v) is 10.1. The van der Waals surface area contributed by atoms with Crippen molar-refractivity contribution < 1.29 is 4.39 Å². The summed E-state index contributed by atoms with van der Waals surface area (Å²) in [6, 6.07) is 1.68. The third kappa shape index (κ3) is 1.95. The topological polar surface area (TPSA) is 26.0 Å². The summed E-state index contributed by atoms with van der Waals surface area (Å²) in [5.41, 5.74) is 7.58. The molecular weight excluding hydrogens is 280 g/mol. The van der Waals surface area contributed by atoms with Crippen molar-refractivity contribution >= 4 is 28.3 Å². The molecule has 0 radical (unpaired) electrons. The van der Waals surface area contributed by atoms with E-state index in [1.807, 2.05) is 20.8 Å². The molecule has 13 heavy (non-hydrogen) atoms. The molecule has 0 aromatic heterocycles. The highest BCUT2D eigenvalue weighted by Crippen LogP contribution is 2.30. The molecule has 0 atom stereocenters. The molecule has 0 heterocycles. The van der Waals surface area contributed by atoms with E-state index in [0.717, 1.165) is 14.7 Å². The number of anilines is 1. The van der Waals surface area contributed by atoms with Gasteiger partial charge in [-0.3, -0.25) is 0 Å². The normalized spacial score (nSPS) is 10.9. The first-order valence-corrected chi connectivity index (χ1v) is 5.27. The fraction of sp³-hybridized carbons (Fsp3) is 0.400. The first-order valence-electron chi connectivity index (χ1n) is 4.19. The second-order valence-electron chi connectivity index (χ2n) is 3.48. The number of hydrogen-bond donors (Lipinski definition) is 1. The predicted octanol–water partition coefficient (Wildman–Crippen LogP) is 3.44. The van der Waals surface area contributed by atoms with Crippen LogP contribution in [0.3, 0.4) is 0 Å². The number of benzene rings is 1. The molecule has 0 unspecified atom stereocenters.